The molecule has 1 heterocycles. The Kier molecular flexibility index (Phi) is 5.33. The second kappa shape index (κ2) is 7.02. The Bertz CT molecular complexity index is 416. The van der Waals surface area contributed by atoms with Crippen LogP contribution in [-0.4, -0.2) is 41.8 Å². The molecule has 1 saturated heterocycles. The van der Waals surface area contributed by atoms with Gasteiger partial charge in [0.1, 0.15) is 6.04 Å². The fraction of sp³-hybridized carbons (Fsp3) is 0.800. The summed E-state index contributed by atoms with van der Waals surface area (Å²) < 4.78 is 0. The number of rotatable bonds is 4. The summed E-state index contributed by atoms with van der Waals surface area (Å²) in [5, 5.41) is 2.76. The molecule has 1 saturated carbocycles. The zero-order valence-corrected chi connectivity index (χ0v) is 12.6. The van der Waals surface area contributed by atoms with Gasteiger partial charge in [0.2, 0.25) is 11.8 Å². The van der Waals surface area contributed by atoms with Crippen LogP contribution in [-0.2, 0) is 14.4 Å². The maximum atomic E-state index is 12.0. The summed E-state index contributed by atoms with van der Waals surface area (Å²) >= 11 is 0. The van der Waals surface area contributed by atoms with E-state index >= 15 is 0 Å². The molecular weight excluding hydrogens is 270 g/mol. The number of likely N-dealkylation sites (N-methyl/N-ethyl adjacent to an activating group) is 1. The monoisotopic (exact) mass is 295 g/mol. The minimum Gasteiger partial charge on any atom is -0.344 e. The number of nitrogens with zero attached hydrogens (tertiary/aromatic N) is 1. The van der Waals surface area contributed by atoms with Crippen molar-refractivity contribution in [1.29, 1.82) is 0 Å². The molecule has 6 heteroatoms. The topological polar surface area (TPSA) is 92.5 Å². The fourth-order valence-electron chi connectivity index (χ4n) is 3.13. The van der Waals surface area contributed by atoms with Crippen LogP contribution in [0.1, 0.15) is 51.4 Å². The van der Waals surface area contributed by atoms with Gasteiger partial charge in [0.25, 0.3) is 5.91 Å². The molecule has 21 heavy (non-hydrogen) atoms. The van der Waals surface area contributed by atoms with Crippen LogP contribution in [0.3, 0.4) is 0 Å². The molecular formula is C15H25N3O3. The Labute approximate surface area is 125 Å². The van der Waals surface area contributed by atoms with E-state index in [0.717, 1.165) is 37.0 Å². The maximum Gasteiger partial charge on any atom is 0.251 e. The first-order chi connectivity index (χ1) is 9.97. The van der Waals surface area contributed by atoms with Crippen molar-refractivity contribution in [2.24, 2.45) is 11.7 Å². The third-order valence-corrected chi connectivity index (χ3v) is 4.66. The smallest absolute Gasteiger partial charge is 0.251 e. The van der Waals surface area contributed by atoms with Crippen molar-refractivity contribution >= 4 is 17.7 Å². The Balaban J connectivity index is 1.72. The Hall–Kier alpha value is -1.43. The number of imide groups is 1. The van der Waals surface area contributed by atoms with Crippen molar-refractivity contribution in [3.63, 3.8) is 0 Å². The van der Waals surface area contributed by atoms with Gasteiger partial charge in [0, 0.05) is 25.9 Å². The average Bonchev–Trinajstić information content (AvgIpc) is 2.47. The van der Waals surface area contributed by atoms with Crippen LogP contribution in [0.15, 0.2) is 0 Å². The van der Waals surface area contributed by atoms with E-state index in [2.05, 4.69) is 5.32 Å². The van der Waals surface area contributed by atoms with Gasteiger partial charge in [-0.1, -0.05) is 0 Å². The van der Waals surface area contributed by atoms with Gasteiger partial charge in [0.15, 0.2) is 0 Å². The minimum atomic E-state index is -0.542. The van der Waals surface area contributed by atoms with Gasteiger partial charge in [-0.15, -0.1) is 0 Å². The van der Waals surface area contributed by atoms with E-state index in [1.54, 1.807) is 0 Å². The first kappa shape index (κ1) is 15.9. The van der Waals surface area contributed by atoms with Crippen molar-refractivity contribution in [3.8, 4) is 0 Å². The van der Waals surface area contributed by atoms with E-state index in [9.17, 15) is 14.4 Å². The molecule has 1 unspecified atom stereocenters. The maximum absolute atomic E-state index is 12.0. The van der Waals surface area contributed by atoms with Crippen molar-refractivity contribution in [3.05, 3.63) is 0 Å². The van der Waals surface area contributed by atoms with Crippen molar-refractivity contribution in [1.82, 2.24) is 10.2 Å². The largest absolute Gasteiger partial charge is 0.344 e. The van der Waals surface area contributed by atoms with E-state index < -0.39 is 6.04 Å². The molecule has 1 atom stereocenters. The molecule has 2 aliphatic rings. The molecule has 1 aliphatic carbocycles. The van der Waals surface area contributed by atoms with Crippen LogP contribution in [0.4, 0.5) is 0 Å². The highest BCUT2D eigenvalue weighted by molar-refractivity contribution is 6.01. The van der Waals surface area contributed by atoms with Gasteiger partial charge >= 0.3 is 0 Å². The molecule has 0 aromatic rings. The molecule has 0 spiro atoms. The Morgan fingerprint density at radius 3 is 2.57 bits per heavy atom. The number of carbonyl (C=O) groups is 3. The molecule has 0 radical (unpaired) electrons. The third-order valence-electron chi connectivity index (χ3n) is 4.66. The van der Waals surface area contributed by atoms with Crippen LogP contribution in [0.5, 0.6) is 0 Å². The molecule has 3 amide bonds. The number of nitrogens with two attached hydrogens (primary N) is 1. The third kappa shape index (κ3) is 4.27. The number of amides is 3. The van der Waals surface area contributed by atoms with Crippen LogP contribution < -0.4 is 11.1 Å². The quantitative estimate of drug-likeness (QED) is 0.741. The highest BCUT2D eigenvalue weighted by Gasteiger charge is 2.32. The Morgan fingerprint density at radius 1 is 1.24 bits per heavy atom. The zero-order chi connectivity index (χ0) is 15.4. The SMILES string of the molecule is CN1C(=O)CCC(NC(=O)CCC2CCC(N)CC2)C1=O. The number of likely N-dealkylation sites (tertiary alicyclic amines) is 1. The summed E-state index contributed by atoms with van der Waals surface area (Å²) in [7, 11) is 1.47. The highest BCUT2D eigenvalue weighted by atomic mass is 16.2. The fourth-order valence-corrected chi connectivity index (χ4v) is 3.13. The first-order valence-corrected chi connectivity index (χ1v) is 7.82. The van der Waals surface area contributed by atoms with Crippen LogP contribution >= 0.6 is 0 Å². The van der Waals surface area contributed by atoms with Gasteiger partial charge in [-0.2, -0.15) is 0 Å². The molecule has 0 aromatic heterocycles. The lowest BCUT2D eigenvalue weighted by atomic mass is 9.84. The van der Waals surface area contributed by atoms with E-state index in [1.165, 1.54) is 7.05 Å². The van der Waals surface area contributed by atoms with Crippen LogP contribution in [0.25, 0.3) is 0 Å². The predicted octanol–water partition coefficient (Wildman–Crippen LogP) is 0.548. The van der Waals surface area contributed by atoms with Gasteiger partial charge in [0.05, 0.1) is 0 Å². The van der Waals surface area contributed by atoms with Gasteiger partial charge in [-0.3, -0.25) is 19.3 Å². The van der Waals surface area contributed by atoms with Crippen LogP contribution in [0.2, 0.25) is 0 Å². The average molecular weight is 295 g/mol. The zero-order valence-electron chi connectivity index (χ0n) is 12.6. The van der Waals surface area contributed by atoms with Crippen molar-refractivity contribution in [2.75, 3.05) is 7.05 Å². The summed E-state index contributed by atoms with van der Waals surface area (Å²) in [6.45, 7) is 0. The van der Waals surface area contributed by atoms with Crippen molar-refractivity contribution in [2.45, 2.75) is 63.5 Å². The first-order valence-electron chi connectivity index (χ1n) is 7.82. The van der Waals surface area contributed by atoms with Crippen LogP contribution in [0, 0.1) is 5.92 Å². The lowest BCUT2D eigenvalue weighted by Gasteiger charge is -2.29. The summed E-state index contributed by atoms with van der Waals surface area (Å²) in [5.41, 5.74) is 5.87. The summed E-state index contributed by atoms with van der Waals surface area (Å²) in [4.78, 5) is 36.3. The number of hydrogen-bond donors (Lipinski definition) is 2. The number of hydrogen-bond acceptors (Lipinski definition) is 4. The second-order valence-corrected chi connectivity index (χ2v) is 6.27. The second-order valence-electron chi connectivity index (χ2n) is 6.27. The summed E-state index contributed by atoms with van der Waals surface area (Å²) in [5.74, 6) is 0.000105. The van der Waals surface area contributed by atoms with E-state index in [1.807, 2.05) is 0 Å². The molecule has 0 aromatic carbocycles. The lowest BCUT2D eigenvalue weighted by Crippen LogP contribution is -2.52. The lowest BCUT2D eigenvalue weighted by molar-refractivity contribution is -0.149. The number of piperidine rings is 1. The normalized spacial score (nSPS) is 30.4. The van der Waals surface area contributed by atoms with Gasteiger partial charge < -0.3 is 11.1 Å². The van der Waals surface area contributed by atoms with Gasteiger partial charge in [-0.05, 0) is 44.4 Å². The summed E-state index contributed by atoms with van der Waals surface area (Å²) in [6.07, 6.45) is 6.29. The standard InChI is InChI=1S/C15H25N3O3/c1-18-14(20)9-7-12(15(18)21)17-13(19)8-4-10-2-5-11(16)6-3-10/h10-12H,2-9,16H2,1H3,(H,17,19). The van der Waals surface area contributed by atoms with E-state index in [4.69, 9.17) is 5.73 Å². The molecule has 1 aliphatic heterocycles. The highest BCUT2D eigenvalue weighted by Crippen LogP contribution is 2.26. The predicted molar refractivity (Wildman–Crippen MR) is 78.1 cm³/mol. The molecule has 2 rings (SSSR count). The van der Waals surface area contributed by atoms with E-state index in [0.29, 0.717) is 31.2 Å². The number of carbonyl (C=O) groups excluding carboxylic acids is 3. The molecule has 0 bridgehead atoms. The van der Waals surface area contributed by atoms with Gasteiger partial charge in [-0.25, -0.2) is 0 Å². The molecule has 6 nitrogen and oxygen atoms in total. The molecule has 3 N–H and O–H groups in total. The summed E-state index contributed by atoms with van der Waals surface area (Å²) in [6, 6.07) is -0.219. The number of nitrogens with one attached hydrogen (secondary N) is 1. The molecule has 2 fully saturated rings. The van der Waals surface area contributed by atoms with E-state index in [-0.39, 0.29) is 17.7 Å². The minimum absolute atomic E-state index is 0.0917. The molecule has 118 valence electrons. The Morgan fingerprint density at radius 2 is 1.90 bits per heavy atom. The van der Waals surface area contributed by atoms with Crippen molar-refractivity contribution < 1.29 is 14.4 Å².